The molecular formula is C19H22N4O3. The van der Waals surface area contributed by atoms with Crippen LogP contribution in [0.3, 0.4) is 0 Å². The Bertz CT molecular complexity index is 945. The number of carbonyl (C=O) groups is 1. The van der Waals surface area contributed by atoms with Crippen LogP contribution >= 0.6 is 0 Å². The minimum Gasteiger partial charge on any atom is -0.461 e. The van der Waals surface area contributed by atoms with Gasteiger partial charge in [0.2, 0.25) is 0 Å². The van der Waals surface area contributed by atoms with Crippen molar-refractivity contribution < 1.29 is 13.9 Å². The average molecular weight is 354 g/mol. The number of ether oxygens (including phenoxy) is 1. The molecule has 1 saturated heterocycles. The summed E-state index contributed by atoms with van der Waals surface area (Å²) in [6, 6.07) is 7.60. The lowest BCUT2D eigenvalue weighted by atomic mass is 10.00. The number of aryl methyl sites for hydroxylation is 2. The number of benzene rings is 1. The number of likely N-dealkylation sites (N-methyl/N-ethyl adjacent to an activating group) is 1. The lowest BCUT2D eigenvalue weighted by Crippen LogP contribution is -2.36. The first kappa shape index (κ1) is 16.8. The summed E-state index contributed by atoms with van der Waals surface area (Å²) in [5, 5.41) is 8.00. The number of hydrogen-bond donors (Lipinski definition) is 1. The van der Waals surface area contributed by atoms with Crippen LogP contribution in [0.15, 0.2) is 28.7 Å². The lowest BCUT2D eigenvalue weighted by molar-refractivity contribution is 0.0550. The van der Waals surface area contributed by atoms with Gasteiger partial charge in [0.1, 0.15) is 17.2 Å². The number of nitrogens with zero attached hydrogens (tertiary/aromatic N) is 3. The molecule has 0 bridgehead atoms. The Kier molecular flexibility index (Phi) is 4.24. The molecule has 0 aliphatic carbocycles. The van der Waals surface area contributed by atoms with Gasteiger partial charge in [0.05, 0.1) is 17.6 Å². The van der Waals surface area contributed by atoms with Crippen LogP contribution in [-0.4, -0.2) is 52.3 Å². The van der Waals surface area contributed by atoms with E-state index in [-0.39, 0.29) is 17.9 Å². The van der Waals surface area contributed by atoms with Crippen LogP contribution in [0.5, 0.6) is 0 Å². The van der Waals surface area contributed by atoms with E-state index in [1.807, 2.05) is 38.1 Å². The van der Waals surface area contributed by atoms with Crippen LogP contribution in [-0.2, 0) is 4.74 Å². The van der Waals surface area contributed by atoms with E-state index in [4.69, 9.17) is 9.15 Å². The molecule has 7 heteroatoms. The fourth-order valence-electron chi connectivity index (χ4n) is 3.63. The molecule has 1 aliphatic rings. The van der Waals surface area contributed by atoms with Crippen molar-refractivity contribution in [3.63, 3.8) is 0 Å². The van der Waals surface area contributed by atoms with Gasteiger partial charge in [-0.25, -0.2) is 4.98 Å². The van der Waals surface area contributed by atoms with Gasteiger partial charge >= 0.3 is 0 Å². The summed E-state index contributed by atoms with van der Waals surface area (Å²) in [6.45, 7) is 4.84. The molecule has 1 fully saturated rings. The topological polar surface area (TPSA) is 84.2 Å². The fourth-order valence-corrected chi connectivity index (χ4v) is 3.63. The van der Waals surface area contributed by atoms with Crippen LogP contribution in [0.4, 0.5) is 0 Å². The van der Waals surface area contributed by atoms with E-state index in [1.54, 1.807) is 11.9 Å². The van der Waals surface area contributed by atoms with Gasteiger partial charge in [-0.15, -0.1) is 0 Å². The average Bonchev–Trinajstić information content (AvgIpc) is 3.32. The standard InChI is InChI=1S/C19H22N4O3/c1-11-17(13-6-4-5-7-15(13)26-11)19(24)23(3)10-16-14(8-9-25-16)18-20-12(2)21-22-18/h4-7,14,16H,8-10H2,1-3H3,(H,20,21,22)/t14-,16-/m1/s1. The molecule has 3 aromatic rings. The lowest BCUT2D eigenvalue weighted by Gasteiger charge is -2.23. The van der Waals surface area contributed by atoms with E-state index in [9.17, 15) is 4.79 Å². The second kappa shape index (κ2) is 6.57. The summed E-state index contributed by atoms with van der Waals surface area (Å²) in [7, 11) is 1.80. The molecule has 0 unspecified atom stereocenters. The van der Waals surface area contributed by atoms with E-state index in [0.717, 1.165) is 29.0 Å². The summed E-state index contributed by atoms with van der Waals surface area (Å²) in [6.07, 6.45) is 0.745. The summed E-state index contributed by atoms with van der Waals surface area (Å²) in [4.78, 5) is 19.2. The van der Waals surface area contributed by atoms with E-state index >= 15 is 0 Å². The fraction of sp³-hybridized carbons (Fsp3) is 0.421. The SMILES string of the molecule is Cc1nc([C@@H]2CCO[C@@H]2CN(C)C(=O)c2c(C)oc3ccccc23)n[nH]1. The van der Waals surface area contributed by atoms with Gasteiger partial charge < -0.3 is 14.1 Å². The number of aromatic nitrogens is 3. The van der Waals surface area contributed by atoms with Crippen molar-refractivity contribution in [1.29, 1.82) is 0 Å². The monoisotopic (exact) mass is 354 g/mol. The molecule has 0 saturated carbocycles. The highest BCUT2D eigenvalue weighted by Gasteiger charge is 2.34. The van der Waals surface area contributed by atoms with E-state index < -0.39 is 0 Å². The number of para-hydroxylation sites is 1. The van der Waals surface area contributed by atoms with Gasteiger partial charge in [-0.1, -0.05) is 18.2 Å². The summed E-state index contributed by atoms with van der Waals surface area (Å²) < 4.78 is 11.6. The summed E-state index contributed by atoms with van der Waals surface area (Å²) in [5.74, 6) is 2.22. The number of carbonyl (C=O) groups excluding carboxylic acids is 1. The predicted octanol–water partition coefficient (Wildman–Crippen LogP) is 2.81. The first-order chi connectivity index (χ1) is 12.5. The van der Waals surface area contributed by atoms with Gasteiger partial charge in [0.25, 0.3) is 5.91 Å². The van der Waals surface area contributed by atoms with Gasteiger partial charge in [-0.2, -0.15) is 5.10 Å². The second-order valence-electron chi connectivity index (χ2n) is 6.80. The second-order valence-corrected chi connectivity index (χ2v) is 6.80. The number of hydrogen-bond acceptors (Lipinski definition) is 5. The Balaban J connectivity index is 1.54. The maximum atomic E-state index is 13.0. The number of rotatable bonds is 4. The molecule has 26 heavy (non-hydrogen) atoms. The molecule has 0 spiro atoms. The molecule has 1 aromatic carbocycles. The molecule has 7 nitrogen and oxygen atoms in total. The summed E-state index contributed by atoms with van der Waals surface area (Å²) >= 11 is 0. The Labute approximate surface area is 151 Å². The van der Waals surface area contributed by atoms with E-state index in [0.29, 0.717) is 24.5 Å². The number of fused-ring (bicyclic) bond motifs is 1. The first-order valence-electron chi connectivity index (χ1n) is 8.78. The van der Waals surface area contributed by atoms with Gasteiger partial charge in [-0.3, -0.25) is 9.89 Å². The van der Waals surface area contributed by atoms with Crippen LogP contribution in [0.2, 0.25) is 0 Å². The Morgan fingerprint density at radius 2 is 2.15 bits per heavy atom. The molecule has 1 N–H and O–H groups in total. The number of nitrogens with one attached hydrogen (secondary N) is 1. The molecule has 3 heterocycles. The minimum absolute atomic E-state index is 0.0622. The van der Waals surface area contributed by atoms with Gasteiger partial charge in [0, 0.05) is 25.6 Å². The van der Waals surface area contributed by atoms with Crippen LogP contribution in [0.25, 0.3) is 11.0 Å². The summed E-state index contributed by atoms with van der Waals surface area (Å²) in [5.41, 5.74) is 1.35. The molecule has 1 aliphatic heterocycles. The van der Waals surface area contributed by atoms with Crippen LogP contribution < -0.4 is 0 Å². The highest BCUT2D eigenvalue weighted by Crippen LogP contribution is 2.31. The maximum absolute atomic E-state index is 13.0. The maximum Gasteiger partial charge on any atom is 0.257 e. The predicted molar refractivity (Wildman–Crippen MR) is 96.1 cm³/mol. The molecule has 2 atom stereocenters. The Hall–Kier alpha value is -2.67. The van der Waals surface area contributed by atoms with Gasteiger partial charge in [-0.05, 0) is 26.3 Å². The largest absolute Gasteiger partial charge is 0.461 e. The minimum atomic E-state index is -0.113. The molecule has 4 rings (SSSR count). The van der Waals surface area contributed by atoms with Crippen LogP contribution in [0, 0.1) is 13.8 Å². The third kappa shape index (κ3) is 2.88. The molecule has 2 aromatic heterocycles. The zero-order valence-corrected chi connectivity index (χ0v) is 15.2. The van der Waals surface area contributed by atoms with Crippen LogP contribution in [0.1, 0.15) is 40.1 Å². The third-order valence-corrected chi connectivity index (χ3v) is 4.94. The highest BCUT2D eigenvalue weighted by molar-refractivity contribution is 6.07. The van der Waals surface area contributed by atoms with Crippen molar-refractivity contribution in [2.24, 2.45) is 0 Å². The highest BCUT2D eigenvalue weighted by atomic mass is 16.5. The van der Waals surface area contributed by atoms with Gasteiger partial charge in [0.15, 0.2) is 5.82 Å². The van der Waals surface area contributed by atoms with Crippen molar-refractivity contribution in [3.05, 3.63) is 47.2 Å². The van der Waals surface area contributed by atoms with E-state index in [1.165, 1.54) is 0 Å². The number of aromatic amines is 1. The number of furan rings is 1. The molecule has 0 radical (unpaired) electrons. The van der Waals surface area contributed by atoms with Crippen molar-refractivity contribution in [3.8, 4) is 0 Å². The quantitative estimate of drug-likeness (QED) is 0.779. The number of H-pyrrole nitrogens is 1. The first-order valence-corrected chi connectivity index (χ1v) is 8.78. The third-order valence-electron chi connectivity index (χ3n) is 4.94. The molecular weight excluding hydrogens is 332 g/mol. The van der Waals surface area contributed by atoms with E-state index in [2.05, 4.69) is 15.2 Å². The van der Waals surface area contributed by atoms with Crippen molar-refractivity contribution in [2.75, 3.05) is 20.2 Å². The number of amides is 1. The zero-order chi connectivity index (χ0) is 18.3. The van der Waals surface area contributed by atoms with Crippen molar-refractivity contribution in [1.82, 2.24) is 20.1 Å². The Morgan fingerprint density at radius 3 is 2.92 bits per heavy atom. The molecule has 1 amide bonds. The Morgan fingerprint density at radius 1 is 1.35 bits per heavy atom. The zero-order valence-electron chi connectivity index (χ0n) is 15.2. The van der Waals surface area contributed by atoms with Crippen molar-refractivity contribution >= 4 is 16.9 Å². The normalized spacial score (nSPS) is 20.0. The van der Waals surface area contributed by atoms with Crippen molar-refractivity contribution in [2.45, 2.75) is 32.3 Å². The smallest absolute Gasteiger partial charge is 0.257 e. The molecule has 136 valence electrons.